The van der Waals surface area contributed by atoms with Crippen LogP contribution in [0.3, 0.4) is 0 Å². The van der Waals surface area contributed by atoms with E-state index in [0.717, 1.165) is 6.42 Å². The van der Waals surface area contributed by atoms with Gasteiger partial charge in [-0.15, -0.1) is 0 Å². The fourth-order valence-electron chi connectivity index (χ4n) is 1.03. The third-order valence-corrected chi connectivity index (χ3v) is 2.19. The van der Waals surface area contributed by atoms with Gasteiger partial charge in [0.05, 0.1) is 0 Å². The van der Waals surface area contributed by atoms with Crippen LogP contribution in [-0.4, -0.2) is 16.9 Å². The van der Waals surface area contributed by atoms with E-state index < -0.39 is 0 Å². The predicted molar refractivity (Wildman–Crippen MR) is 53.4 cm³/mol. The van der Waals surface area contributed by atoms with Gasteiger partial charge in [0, 0.05) is 25.2 Å². The Morgan fingerprint density at radius 2 is 2.00 bits per heavy atom. The lowest BCUT2D eigenvalue weighted by Crippen LogP contribution is -2.20. The molecule has 0 atom stereocenters. The van der Waals surface area contributed by atoms with Crippen molar-refractivity contribution in [1.82, 2.24) is 4.42 Å². The van der Waals surface area contributed by atoms with Crippen LogP contribution in [0.5, 0.6) is 0 Å². The molecule has 0 radical (unpaired) electrons. The molecule has 0 aromatic heterocycles. The fraction of sp³-hybridized carbons (Fsp3) is 0.300. The standard InChI is InChI=1S/C10H12ClNO/c1-9(13)12(11)8-7-10-5-3-2-4-6-10/h2-6H,7-8H2,1H3. The van der Waals surface area contributed by atoms with Crippen molar-refractivity contribution < 1.29 is 4.79 Å². The first-order chi connectivity index (χ1) is 6.20. The molecule has 0 heterocycles. The lowest BCUT2D eigenvalue weighted by Gasteiger charge is -2.10. The van der Waals surface area contributed by atoms with Crippen LogP contribution in [0, 0.1) is 0 Å². The molecule has 3 heteroatoms. The molecule has 0 aliphatic rings. The van der Waals surface area contributed by atoms with Gasteiger partial charge in [0.2, 0.25) is 5.91 Å². The van der Waals surface area contributed by atoms with Crippen LogP contribution in [0.25, 0.3) is 0 Å². The molecular formula is C10H12ClNO. The van der Waals surface area contributed by atoms with Crippen LogP contribution in [0.2, 0.25) is 0 Å². The summed E-state index contributed by atoms with van der Waals surface area (Å²) < 4.78 is 1.20. The molecule has 1 amide bonds. The normalized spacial score (nSPS) is 9.69. The van der Waals surface area contributed by atoms with E-state index in [-0.39, 0.29) is 5.91 Å². The van der Waals surface area contributed by atoms with Crippen LogP contribution in [0.1, 0.15) is 12.5 Å². The van der Waals surface area contributed by atoms with Crippen LogP contribution in [0.15, 0.2) is 30.3 Å². The van der Waals surface area contributed by atoms with Gasteiger partial charge in [0.15, 0.2) is 0 Å². The van der Waals surface area contributed by atoms with Crippen molar-refractivity contribution in [1.29, 1.82) is 0 Å². The summed E-state index contributed by atoms with van der Waals surface area (Å²) in [5, 5.41) is 0. The molecule has 0 aliphatic heterocycles. The average molecular weight is 198 g/mol. The highest BCUT2D eigenvalue weighted by molar-refractivity contribution is 6.20. The zero-order chi connectivity index (χ0) is 9.68. The molecule has 0 bridgehead atoms. The SMILES string of the molecule is CC(=O)N(Cl)CCc1ccccc1. The summed E-state index contributed by atoms with van der Waals surface area (Å²) in [5.41, 5.74) is 1.19. The molecule has 0 saturated carbocycles. The maximum atomic E-state index is 10.8. The minimum atomic E-state index is -0.113. The molecule has 70 valence electrons. The highest BCUT2D eigenvalue weighted by Crippen LogP contribution is 2.03. The number of rotatable bonds is 3. The van der Waals surface area contributed by atoms with E-state index in [4.69, 9.17) is 11.8 Å². The van der Waals surface area contributed by atoms with E-state index in [1.165, 1.54) is 16.9 Å². The number of halogens is 1. The predicted octanol–water partition coefficient (Wildman–Crippen LogP) is 2.23. The third-order valence-electron chi connectivity index (χ3n) is 1.78. The van der Waals surface area contributed by atoms with Gasteiger partial charge in [0.25, 0.3) is 0 Å². The van der Waals surface area contributed by atoms with Crippen molar-refractivity contribution in [2.24, 2.45) is 0 Å². The van der Waals surface area contributed by atoms with E-state index >= 15 is 0 Å². The van der Waals surface area contributed by atoms with Crippen LogP contribution in [0.4, 0.5) is 0 Å². The van der Waals surface area contributed by atoms with Crippen LogP contribution in [-0.2, 0) is 11.2 Å². The van der Waals surface area contributed by atoms with E-state index in [9.17, 15) is 4.79 Å². The quantitative estimate of drug-likeness (QED) is 0.681. The summed E-state index contributed by atoms with van der Waals surface area (Å²) in [6.45, 7) is 2.01. The van der Waals surface area contributed by atoms with Gasteiger partial charge in [-0.05, 0) is 12.0 Å². The molecule has 2 nitrogen and oxygen atoms in total. The number of benzene rings is 1. The van der Waals surface area contributed by atoms with Gasteiger partial charge >= 0.3 is 0 Å². The highest BCUT2D eigenvalue weighted by atomic mass is 35.5. The summed E-state index contributed by atoms with van der Waals surface area (Å²) in [7, 11) is 0. The molecule has 1 aromatic carbocycles. The van der Waals surface area contributed by atoms with E-state index in [1.54, 1.807) is 0 Å². The summed E-state index contributed by atoms with van der Waals surface area (Å²) in [5.74, 6) is -0.113. The summed E-state index contributed by atoms with van der Waals surface area (Å²) >= 11 is 5.65. The Morgan fingerprint density at radius 1 is 1.38 bits per heavy atom. The van der Waals surface area contributed by atoms with Crippen LogP contribution >= 0.6 is 11.8 Å². The number of carbonyl (C=O) groups is 1. The molecule has 0 spiro atoms. The minimum absolute atomic E-state index is 0.113. The smallest absolute Gasteiger partial charge is 0.233 e. The van der Waals surface area contributed by atoms with E-state index in [0.29, 0.717) is 6.54 Å². The summed E-state index contributed by atoms with van der Waals surface area (Å²) in [6, 6.07) is 9.95. The Labute approximate surface area is 83.2 Å². The molecule has 0 unspecified atom stereocenters. The highest BCUT2D eigenvalue weighted by Gasteiger charge is 2.03. The van der Waals surface area contributed by atoms with Crippen molar-refractivity contribution in [3.63, 3.8) is 0 Å². The molecule has 1 aromatic rings. The number of carbonyl (C=O) groups excluding carboxylic acids is 1. The van der Waals surface area contributed by atoms with Gasteiger partial charge in [0.1, 0.15) is 0 Å². The Morgan fingerprint density at radius 3 is 2.54 bits per heavy atom. The Hall–Kier alpha value is -1.02. The third kappa shape index (κ3) is 3.47. The maximum Gasteiger partial charge on any atom is 0.233 e. The minimum Gasteiger partial charge on any atom is -0.274 e. The van der Waals surface area contributed by atoms with Crippen molar-refractivity contribution in [3.8, 4) is 0 Å². The van der Waals surface area contributed by atoms with E-state index in [1.807, 2.05) is 30.3 Å². The molecule has 13 heavy (non-hydrogen) atoms. The first-order valence-corrected chi connectivity index (χ1v) is 4.52. The van der Waals surface area contributed by atoms with Crippen LogP contribution < -0.4 is 0 Å². The second kappa shape index (κ2) is 4.87. The summed E-state index contributed by atoms with van der Waals surface area (Å²) in [6.07, 6.45) is 0.796. The van der Waals surface area contributed by atoms with E-state index in [2.05, 4.69) is 0 Å². The number of hydrogen-bond acceptors (Lipinski definition) is 1. The van der Waals surface area contributed by atoms with Gasteiger partial charge in [-0.25, -0.2) is 0 Å². The fourth-order valence-corrected chi connectivity index (χ4v) is 1.11. The Balaban J connectivity index is 2.39. The lowest BCUT2D eigenvalue weighted by molar-refractivity contribution is -0.124. The number of hydrogen-bond donors (Lipinski definition) is 0. The average Bonchev–Trinajstić information content (AvgIpc) is 2.15. The molecule has 0 N–H and O–H groups in total. The zero-order valence-electron chi connectivity index (χ0n) is 7.53. The first-order valence-electron chi connectivity index (χ1n) is 4.18. The number of nitrogens with zero attached hydrogens (tertiary/aromatic N) is 1. The van der Waals surface area contributed by atoms with Gasteiger partial charge in [-0.1, -0.05) is 30.3 Å². The topological polar surface area (TPSA) is 20.3 Å². The van der Waals surface area contributed by atoms with Crippen molar-refractivity contribution in [2.75, 3.05) is 6.54 Å². The molecular weight excluding hydrogens is 186 g/mol. The monoisotopic (exact) mass is 197 g/mol. The van der Waals surface area contributed by atoms with Crippen molar-refractivity contribution in [3.05, 3.63) is 35.9 Å². The Kier molecular flexibility index (Phi) is 3.77. The first kappa shape index (κ1) is 10.1. The van der Waals surface area contributed by atoms with Crippen molar-refractivity contribution >= 4 is 17.7 Å². The van der Waals surface area contributed by atoms with Gasteiger partial charge in [-0.3, -0.25) is 9.21 Å². The number of amides is 1. The summed E-state index contributed by atoms with van der Waals surface area (Å²) in [4.78, 5) is 10.8. The zero-order valence-corrected chi connectivity index (χ0v) is 8.29. The maximum absolute atomic E-state index is 10.8. The second-order valence-corrected chi connectivity index (χ2v) is 3.25. The molecule has 0 saturated heterocycles. The lowest BCUT2D eigenvalue weighted by atomic mass is 10.1. The largest absolute Gasteiger partial charge is 0.274 e. The molecule has 1 rings (SSSR count). The van der Waals surface area contributed by atoms with Crippen molar-refractivity contribution in [2.45, 2.75) is 13.3 Å². The molecule has 0 aliphatic carbocycles. The van der Waals surface area contributed by atoms with Gasteiger partial charge in [-0.2, -0.15) is 0 Å². The van der Waals surface area contributed by atoms with Gasteiger partial charge < -0.3 is 0 Å². The Bertz CT molecular complexity index is 274. The second-order valence-electron chi connectivity index (χ2n) is 2.84. The molecule has 0 fully saturated rings.